The van der Waals surface area contributed by atoms with E-state index in [1.165, 1.54) is 6.92 Å². The molecule has 4 nitrogen and oxygen atoms in total. The molecule has 1 aliphatic heterocycles. The van der Waals surface area contributed by atoms with Crippen LogP contribution in [0.2, 0.25) is 0 Å². The van der Waals surface area contributed by atoms with Crippen LogP contribution in [0.5, 0.6) is 0 Å². The van der Waals surface area contributed by atoms with Crippen molar-refractivity contribution in [2.45, 2.75) is 59.5 Å². The molecule has 3 unspecified atom stereocenters. The Morgan fingerprint density at radius 2 is 1.68 bits per heavy atom. The number of hydrogen-bond acceptors (Lipinski definition) is 2. The second-order valence-electron chi connectivity index (χ2n) is 6.75. The number of aryl methyl sites for hydroxylation is 3. The van der Waals surface area contributed by atoms with Gasteiger partial charge in [-0.15, -0.1) is 0 Å². The zero-order valence-electron chi connectivity index (χ0n) is 14.2. The third kappa shape index (κ3) is 2.21. The van der Waals surface area contributed by atoms with Crippen molar-refractivity contribution in [2.24, 2.45) is 5.92 Å². The van der Waals surface area contributed by atoms with Gasteiger partial charge in [0.05, 0.1) is 0 Å². The summed E-state index contributed by atoms with van der Waals surface area (Å²) in [6.45, 7) is 11.3. The van der Waals surface area contributed by atoms with Crippen LogP contribution in [-0.2, 0) is 15.1 Å². The quantitative estimate of drug-likeness (QED) is 0.913. The van der Waals surface area contributed by atoms with Gasteiger partial charge in [-0.25, -0.2) is 4.79 Å². The SMILES string of the molecule is CC(=O)N1C(C)C(C)CC1(C(=O)O)c1c(C)cc(C)cc1C. The van der Waals surface area contributed by atoms with Gasteiger partial charge in [-0.2, -0.15) is 0 Å². The molecular formula is C18H25NO3. The van der Waals surface area contributed by atoms with Crippen molar-refractivity contribution >= 4 is 11.9 Å². The Bertz CT molecular complexity index is 614. The largest absolute Gasteiger partial charge is 0.479 e. The predicted octanol–water partition coefficient (Wildman–Crippen LogP) is 3.17. The Balaban J connectivity index is 2.80. The van der Waals surface area contributed by atoms with Gasteiger partial charge < -0.3 is 10.0 Å². The Hall–Kier alpha value is -1.84. The number of aliphatic carboxylic acids is 1. The Morgan fingerprint density at radius 1 is 1.18 bits per heavy atom. The second-order valence-corrected chi connectivity index (χ2v) is 6.75. The maximum Gasteiger partial charge on any atom is 0.334 e. The number of carboxylic acid groups (broad SMARTS) is 1. The molecule has 1 aromatic rings. The number of benzene rings is 1. The molecule has 1 aliphatic rings. The van der Waals surface area contributed by atoms with Crippen LogP contribution in [-0.4, -0.2) is 27.9 Å². The minimum atomic E-state index is -1.26. The van der Waals surface area contributed by atoms with Gasteiger partial charge in [0.25, 0.3) is 0 Å². The molecule has 1 saturated heterocycles. The van der Waals surface area contributed by atoms with Crippen LogP contribution in [0.3, 0.4) is 0 Å². The Kier molecular flexibility index (Phi) is 4.07. The van der Waals surface area contributed by atoms with E-state index in [0.717, 1.165) is 22.3 Å². The van der Waals surface area contributed by atoms with Crippen molar-refractivity contribution in [3.63, 3.8) is 0 Å². The first-order valence-electron chi connectivity index (χ1n) is 7.74. The van der Waals surface area contributed by atoms with Crippen molar-refractivity contribution in [1.29, 1.82) is 0 Å². The lowest BCUT2D eigenvalue weighted by Crippen LogP contribution is -2.53. The van der Waals surface area contributed by atoms with Gasteiger partial charge in [-0.3, -0.25) is 4.79 Å². The lowest BCUT2D eigenvalue weighted by molar-refractivity contribution is -0.158. The first kappa shape index (κ1) is 16.5. The van der Waals surface area contributed by atoms with E-state index in [1.807, 2.05) is 46.8 Å². The summed E-state index contributed by atoms with van der Waals surface area (Å²) in [6, 6.07) is 3.91. The molecule has 3 atom stereocenters. The highest BCUT2D eigenvalue weighted by molar-refractivity contribution is 5.89. The van der Waals surface area contributed by atoms with Crippen molar-refractivity contribution < 1.29 is 14.7 Å². The average molecular weight is 303 g/mol. The fourth-order valence-electron chi connectivity index (χ4n) is 4.24. The molecule has 1 heterocycles. The highest BCUT2D eigenvalue weighted by Crippen LogP contribution is 2.47. The molecule has 0 bridgehead atoms. The molecule has 0 aliphatic carbocycles. The van der Waals surface area contributed by atoms with Crippen LogP contribution in [0, 0.1) is 26.7 Å². The molecule has 22 heavy (non-hydrogen) atoms. The van der Waals surface area contributed by atoms with Crippen LogP contribution in [0.15, 0.2) is 12.1 Å². The summed E-state index contributed by atoms with van der Waals surface area (Å²) in [5, 5.41) is 10.1. The zero-order valence-corrected chi connectivity index (χ0v) is 14.2. The molecule has 0 radical (unpaired) electrons. The molecule has 1 amide bonds. The van der Waals surface area contributed by atoms with Gasteiger partial charge in [0, 0.05) is 13.0 Å². The van der Waals surface area contributed by atoms with Gasteiger partial charge in [0.1, 0.15) is 0 Å². The van der Waals surface area contributed by atoms with E-state index in [2.05, 4.69) is 0 Å². The van der Waals surface area contributed by atoms with Crippen LogP contribution in [0.25, 0.3) is 0 Å². The normalized spacial score (nSPS) is 28.0. The summed E-state index contributed by atoms with van der Waals surface area (Å²) < 4.78 is 0. The predicted molar refractivity (Wildman–Crippen MR) is 85.7 cm³/mol. The fraction of sp³-hybridized carbons (Fsp3) is 0.556. The van der Waals surface area contributed by atoms with Gasteiger partial charge in [0.15, 0.2) is 5.54 Å². The van der Waals surface area contributed by atoms with Gasteiger partial charge in [-0.1, -0.05) is 24.6 Å². The van der Waals surface area contributed by atoms with Crippen molar-refractivity contribution in [1.82, 2.24) is 4.90 Å². The number of likely N-dealkylation sites (tertiary alicyclic amines) is 1. The number of carbonyl (C=O) groups is 2. The van der Waals surface area contributed by atoms with Crippen LogP contribution in [0.1, 0.15) is 49.4 Å². The van der Waals surface area contributed by atoms with E-state index < -0.39 is 11.5 Å². The highest BCUT2D eigenvalue weighted by atomic mass is 16.4. The van der Waals surface area contributed by atoms with Crippen LogP contribution < -0.4 is 0 Å². The summed E-state index contributed by atoms with van der Waals surface area (Å²) in [6.07, 6.45) is 0.452. The standard InChI is InChI=1S/C18H25NO3/c1-10-7-11(2)16(12(3)8-10)18(17(21)22)9-13(4)14(5)19(18)15(6)20/h7-8,13-14H,9H2,1-6H3,(H,21,22). The molecule has 2 rings (SSSR count). The maximum absolute atomic E-state index is 12.3. The maximum atomic E-state index is 12.3. The molecule has 0 spiro atoms. The fourth-order valence-corrected chi connectivity index (χ4v) is 4.24. The lowest BCUT2D eigenvalue weighted by atomic mass is 9.79. The second kappa shape index (κ2) is 5.41. The average Bonchev–Trinajstić information content (AvgIpc) is 2.61. The van der Waals surface area contributed by atoms with Crippen LogP contribution in [0.4, 0.5) is 0 Å². The van der Waals surface area contributed by atoms with Crippen LogP contribution >= 0.6 is 0 Å². The monoisotopic (exact) mass is 303 g/mol. The molecule has 1 aromatic carbocycles. The molecule has 4 heteroatoms. The van der Waals surface area contributed by atoms with Crippen molar-refractivity contribution in [2.75, 3.05) is 0 Å². The van der Waals surface area contributed by atoms with E-state index in [4.69, 9.17) is 0 Å². The minimum absolute atomic E-state index is 0.0892. The van der Waals surface area contributed by atoms with Crippen molar-refractivity contribution in [3.05, 3.63) is 34.4 Å². The van der Waals surface area contributed by atoms with E-state index in [-0.39, 0.29) is 17.9 Å². The number of amides is 1. The smallest absolute Gasteiger partial charge is 0.334 e. The summed E-state index contributed by atoms with van der Waals surface area (Å²) in [7, 11) is 0. The molecule has 120 valence electrons. The first-order valence-corrected chi connectivity index (χ1v) is 7.74. The van der Waals surface area contributed by atoms with E-state index >= 15 is 0 Å². The molecular weight excluding hydrogens is 278 g/mol. The third-order valence-electron chi connectivity index (χ3n) is 5.04. The number of rotatable bonds is 2. The molecule has 1 N–H and O–H groups in total. The minimum Gasteiger partial charge on any atom is -0.479 e. The van der Waals surface area contributed by atoms with E-state index in [9.17, 15) is 14.7 Å². The summed E-state index contributed by atoms with van der Waals surface area (Å²) in [5.74, 6) is -0.979. The zero-order chi connectivity index (χ0) is 16.8. The van der Waals surface area contributed by atoms with Crippen molar-refractivity contribution in [3.8, 4) is 0 Å². The van der Waals surface area contributed by atoms with Gasteiger partial charge in [0.2, 0.25) is 5.91 Å². The Labute approximate surface area is 132 Å². The highest BCUT2D eigenvalue weighted by Gasteiger charge is 2.57. The number of hydrogen-bond donors (Lipinski definition) is 1. The van der Waals surface area contributed by atoms with Gasteiger partial charge in [-0.05, 0) is 56.7 Å². The number of nitrogens with zero attached hydrogens (tertiary/aromatic N) is 1. The molecule has 1 fully saturated rings. The first-order chi connectivity index (χ1) is 10.1. The van der Waals surface area contributed by atoms with Gasteiger partial charge >= 0.3 is 5.97 Å². The summed E-state index contributed by atoms with van der Waals surface area (Å²) in [5.41, 5.74) is 2.50. The van der Waals surface area contributed by atoms with E-state index in [1.54, 1.807) is 4.90 Å². The summed E-state index contributed by atoms with van der Waals surface area (Å²) >= 11 is 0. The number of carboxylic acids is 1. The topological polar surface area (TPSA) is 57.6 Å². The Morgan fingerprint density at radius 3 is 2.09 bits per heavy atom. The van der Waals surface area contributed by atoms with E-state index in [0.29, 0.717) is 6.42 Å². The molecule has 0 saturated carbocycles. The molecule has 0 aromatic heterocycles. The summed E-state index contributed by atoms with van der Waals surface area (Å²) in [4.78, 5) is 26.1. The lowest BCUT2D eigenvalue weighted by Gasteiger charge is -2.38. The third-order valence-corrected chi connectivity index (χ3v) is 5.04. The number of carbonyl (C=O) groups excluding carboxylic acids is 1.